The van der Waals surface area contributed by atoms with Gasteiger partial charge in [-0.05, 0) is 57.1 Å². The molecule has 2 aliphatic heterocycles. The van der Waals surface area contributed by atoms with E-state index in [9.17, 15) is 0 Å². The SMILES string of the molecule is CC(C)(C)c1ccc(N2CN3c4ccc5ccccc5c4C(C)(C)c4cccc2c43)cc1. The lowest BCUT2D eigenvalue weighted by molar-refractivity contribution is 0.590. The normalized spacial score (nSPS) is 16.3. The fourth-order valence-electron chi connectivity index (χ4n) is 5.66. The molecule has 0 bridgehead atoms. The fraction of sp³-hybridized carbons (Fsp3) is 0.267. The van der Waals surface area contributed by atoms with E-state index in [4.69, 9.17) is 0 Å². The summed E-state index contributed by atoms with van der Waals surface area (Å²) in [5, 5.41) is 2.67. The Morgan fingerprint density at radius 3 is 2.22 bits per heavy atom. The lowest BCUT2D eigenvalue weighted by Gasteiger charge is -2.40. The maximum Gasteiger partial charge on any atom is 0.100 e. The average molecular weight is 419 g/mol. The van der Waals surface area contributed by atoms with E-state index in [0.717, 1.165) is 6.67 Å². The van der Waals surface area contributed by atoms with Gasteiger partial charge in [0, 0.05) is 16.8 Å². The quantitative estimate of drug-likeness (QED) is 0.309. The molecule has 160 valence electrons. The number of benzene rings is 4. The summed E-state index contributed by atoms with van der Waals surface area (Å²) in [5.74, 6) is 0. The Morgan fingerprint density at radius 1 is 0.719 bits per heavy atom. The van der Waals surface area contributed by atoms with Gasteiger partial charge in [-0.2, -0.15) is 0 Å². The lowest BCUT2D eigenvalue weighted by Crippen LogP contribution is -2.33. The van der Waals surface area contributed by atoms with Crippen LogP contribution in [0.3, 0.4) is 0 Å². The molecule has 4 aromatic rings. The summed E-state index contributed by atoms with van der Waals surface area (Å²) >= 11 is 0. The van der Waals surface area contributed by atoms with Crippen LogP contribution in [-0.2, 0) is 10.8 Å². The molecule has 0 amide bonds. The molecule has 0 saturated carbocycles. The summed E-state index contributed by atoms with van der Waals surface area (Å²) in [6, 6.07) is 29.4. The molecule has 0 N–H and O–H groups in total. The molecule has 0 fully saturated rings. The van der Waals surface area contributed by atoms with Crippen LogP contribution in [0, 0.1) is 0 Å². The van der Waals surface area contributed by atoms with E-state index in [1.807, 2.05) is 0 Å². The van der Waals surface area contributed by atoms with Crippen LogP contribution in [0.1, 0.15) is 51.3 Å². The van der Waals surface area contributed by atoms with Crippen LogP contribution < -0.4 is 9.80 Å². The van der Waals surface area contributed by atoms with Crippen molar-refractivity contribution in [2.75, 3.05) is 16.5 Å². The summed E-state index contributed by atoms with van der Waals surface area (Å²) < 4.78 is 0. The third-order valence-corrected chi connectivity index (χ3v) is 7.40. The van der Waals surface area contributed by atoms with Crippen molar-refractivity contribution in [3.63, 3.8) is 0 Å². The Bertz CT molecular complexity index is 1360. The predicted molar refractivity (Wildman–Crippen MR) is 137 cm³/mol. The van der Waals surface area contributed by atoms with Gasteiger partial charge in [0.25, 0.3) is 0 Å². The van der Waals surface area contributed by atoms with Gasteiger partial charge in [-0.1, -0.05) is 89.2 Å². The van der Waals surface area contributed by atoms with Gasteiger partial charge in [0.05, 0.1) is 11.4 Å². The summed E-state index contributed by atoms with van der Waals surface area (Å²) in [7, 11) is 0. The second-order valence-corrected chi connectivity index (χ2v) is 10.8. The molecule has 32 heavy (non-hydrogen) atoms. The Balaban J connectivity index is 1.54. The lowest BCUT2D eigenvalue weighted by atomic mass is 9.72. The van der Waals surface area contributed by atoms with E-state index in [1.165, 1.54) is 50.2 Å². The number of nitrogens with zero attached hydrogens (tertiary/aromatic N) is 2. The first-order valence-corrected chi connectivity index (χ1v) is 11.6. The minimum absolute atomic E-state index is 0.0653. The molecule has 0 radical (unpaired) electrons. The van der Waals surface area contributed by atoms with E-state index in [0.29, 0.717) is 0 Å². The minimum atomic E-state index is -0.0653. The van der Waals surface area contributed by atoms with Gasteiger partial charge < -0.3 is 9.80 Å². The van der Waals surface area contributed by atoms with Crippen molar-refractivity contribution in [2.24, 2.45) is 0 Å². The Labute approximate surface area is 191 Å². The number of anilines is 4. The molecule has 2 aliphatic rings. The second kappa shape index (κ2) is 6.38. The monoisotopic (exact) mass is 418 g/mol. The molecular formula is C30H30N2. The highest BCUT2D eigenvalue weighted by atomic mass is 15.4. The zero-order valence-corrected chi connectivity index (χ0v) is 19.6. The smallest absolute Gasteiger partial charge is 0.100 e. The molecule has 0 saturated heterocycles. The van der Waals surface area contributed by atoms with E-state index in [-0.39, 0.29) is 10.8 Å². The fourth-order valence-corrected chi connectivity index (χ4v) is 5.66. The highest BCUT2D eigenvalue weighted by molar-refractivity contribution is 6.00. The van der Waals surface area contributed by atoms with Crippen LogP contribution in [0.2, 0.25) is 0 Å². The second-order valence-electron chi connectivity index (χ2n) is 10.8. The number of rotatable bonds is 1. The van der Waals surface area contributed by atoms with Gasteiger partial charge in [0.15, 0.2) is 0 Å². The van der Waals surface area contributed by atoms with Crippen LogP contribution in [0.4, 0.5) is 22.7 Å². The standard InChI is InChI=1S/C30H30N2/c1-29(2,3)21-14-16-22(17-15-21)31-19-32-25-18-13-20-9-6-7-10-23(20)27(25)30(4,5)24-11-8-12-26(31)28(24)32/h6-18H,19H2,1-5H3. The molecular weight excluding hydrogens is 388 g/mol. The van der Waals surface area contributed by atoms with E-state index in [2.05, 4.69) is 123 Å². The molecule has 4 aromatic carbocycles. The van der Waals surface area contributed by atoms with E-state index in [1.54, 1.807) is 0 Å². The van der Waals surface area contributed by atoms with Crippen molar-refractivity contribution in [3.05, 3.63) is 95.6 Å². The Hall–Kier alpha value is -3.26. The first-order valence-electron chi connectivity index (χ1n) is 11.6. The number of para-hydroxylation sites is 1. The largest absolute Gasteiger partial charge is 0.321 e. The van der Waals surface area contributed by atoms with Gasteiger partial charge in [-0.3, -0.25) is 0 Å². The number of hydrogen-bond donors (Lipinski definition) is 0. The summed E-state index contributed by atoms with van der Waals surface area (Å²) in [6.07, 6.45) is 0. The van der Waals surface area contributed by atoms with Gasteiger partial charge in [-0.15, -0.1) is 0 Å². The van der Waals surface area contributed by atoms with Gasteiger partial charge >= 0.3 is 0 Å². The van der Waals surface area contributed by atoms with Crippen molar-refractivity contribution in [3.8, 4) is 0 Å². The molecule has 0 aromatic heterocycles. The van der Waals surface area contributed by atoms with Crippen molar-refractivity contribution >= 4 is 33.5 Å². The van der Waals surface area contributed by atoms with Crippen LogP contribution in [0.25, 0.3) is 10.8 Å². The third-order valence-electron chi connectivity index (χ3n) is 7.40. The van der Waals surface area contributed by atoms with Crippen LogP contribution in [-0.4, -0.2) is 6.67 Å². The summed E-state index contributed by atoms with van der Waals surface area (Å²) in [5.41, 5.74) is 9.56. The first-order chi connectivity index (χ1) is 15.3. The van der Waals surface area contributed by atoms with Gasteiger partial charge in [0.2, 0.25) is 0 Å². The molecule has 2 nitrogen and oxygen atoms in total. The van der Waals surface area contributed by atoms with Crippen LogP contribution >= 0.6 is 0 Å². The van der Waals surface area contributed by atoms with Crippen LogP contribution in [0.15, 0.2) is 78.9 Å². The van der Waals surface area contributed by atoms with Gasteiger partial charge in [-0.25, -0.2) is 0 Å². The van der Waals surface area contributed by atoms with Crippen molar-refractivity contribution in [1.29, 1.82) is 0 Å². The third kappa shape index (κ3) is 2.59. The van der Waals surface area contributed by atoms with Crippen molar-refractivity contribution < 1.29 is 0 Å². The molecule has 0 unspecified atom stereocenters. The number of fused-ring (bicyclic) bond motifs is 4. The highest BCUT2D eigenvalue weighted by Crippen LogP contribution is 2.57. The molecule has 2 heterocycles. The van der Waals surface area contributed by atoms with Crippen LogP contribution in [0.5, 0.6) is 0 Å². The van der Waals surface area contributed by atoms with E-state index < -0.39 is 0 Å². The van der Waals surface area contributed by atoms with Crippen molar-refractivity contribution in [2.45, 2.75) is 45.4 Å². The molecule has 6 rings (SSSR count). The topological polar surface area (TPSA) is 6.48 Å². The van der Waals surface area contributed by atoms with E-state index >= 15 is 0 Å². The summed E-state index contributed by atoms with van der Waals surface area (Å²) in [4.78, 5) is 4.99. The minimum Gasteiger partial charge on any atom is -0.321 e. The number of hydrogen-bond acceptors (Lipinski definition) is 2. The zero-order valence-electron chi connectivity index (χ0n) is 19.6. The summed E-state index contributed by atoms with van der Waals surface area (Å²) in [6.45, 7) is 12.4. The average Bonchev–Trinajstić information content (AvgIpc) is 3.17. The van der Waals surface area contributed by atoms with Gasteiger partial charge in [0.1, 0.15) is 6.67 Å². The maximum absolute atomic E-state index is 2.52. The molecule has 0 atom stereocenters. The first kappa shape index (κ1) is 19.4. The highest BCUT2D eigenvalue weighted by Gasteiger charge is 2.42. The molecule has 0 spiro atoms. The Kier molecular flexibility index (Phi) is 3.88. The molecule has 0 aliphatic carbocycles. The van der Waals surface area contributed by atoms with Crippen molar-refractivity contribution in [1.82, 2.24) is 0 Å². The predicted octanol–water partition coefficient (Wildman–Crippen LogP) is 8.02. The Morgan fingerprint density at radius 2 is 1.47 bits per heavy atom. The molecule has 2 heteroatoms. The maximum atomic E-state index is 2.52. The zero-order chi connectivity index (χ0) is 22.3.